The van der Waals surface area contributed by atoms with Crippen molar-refractivity contribution < 1.29 is 17.9 Å². The average Bonchev–Trinajstić information content (AvgIpc) is 2.51. The third-order valence-corrected chi connectivity index (χ3v) is 4.03. The van der Waals surface area contributed by atoms with Crippen LogP contribution < -0.4 is 0 Å². The molecule has 2 aromatic carbocycles. The lowest BCUT2D eigenvalue weighted by Crippen LogP contribution is -2.11. The first kappa shape index (κ1) is 18.5. The molecule has 0 heterocycles. The summed E-state index contributed by atoms with van der Waals surface area (Å²) in [6, 6.07) is 13.3. The van der Waals surface area contributed by atoms with Gasteiger partial charge in [-0.3, -0.25) is 0 Å². The van der Waals surface area contributed by atoms with E-state index < -0.39 is 11.7 Å². The van der Waals surface area contributed by atoms with Gasteiger partial charge in [0.1, 0.15) is 0 Å². The van der Waals surface area contributed by atoms with E-state index in [2.05, 4.69) is 32.9 Å². The third-order valence-electron chi connectivity index (χ3n) is 4.03. The monoisotopic (exact) mass is 336 g/mol. The Morgan fingerprint density at radius 3 is 1.79 bits per heavy atom. The molecule has 0 aromatic heterocycles. The summed E-state index contributed by atoms with van der Waals surface area (Å²) in [7, 11) is 0. The first-order valence-electron chi connectivity index (χ1n) is 7.95. The van der Waals surface area contributed by atoms with Gasteiger partial charge in [0.05, 0.1) is 18.3 Å². The van der Waals surface area contributed by atoms with Crippen LogP contribution in [0.1, 0.15) is 56.1 Å². The van der Waals surface area contributed by atoms with Crippen molar-refractivity contribution in [2.75, 3.05) is 0 Å². The van der Waals surface area contributed by atoms with Crippen molar-refractivity contribution in [2.24, 2.45) is 0 Å². The summed E-state index contributed by atoms with van der Waals surface area (Å²) < 4.78 is 43.4. The van der Waals surface area contributed by atoms with Gasteiger partial charge in [0.2, 0.25) is 0 Å². The molecular weight excluding hydrogens is 313 g/mol. The summed E-state index contributed by atoms with van der Waals surface area (Å²) in [4.78, 5) is 0. The Hall–Kier alpha value is -1.81. The van der Waals surface area contributed by atoms with Gasteiger partial charge in [-0.1, -0.05) is 57.2 Å². The summed E-state index contributed by atoms with van der Waals surface area (Å²) >= 11 is 0. The van der Waals surface area contributed by atoms with Gasteiger partial charge in [0, 0.05) is 0 Å². The fraction of sp³-hybridized carbons (Fsp3) is 0.400. The molecule has 0 aliphatic carbocycles. The predicted octanol–water partition coefficient (Wildman–Crippen LogP) is 6.28. The SMILES string of the molecule is CC(OCc1ccc(C(F)(F)F)cc1)c1ccc(C(C)(C)C)cc1. The first-order chi connectivity index (χ1) is 11.1. The number of halogens is 3. The lowest BCUT2D eigenvalue weighted by atomic mass is 9.86. The Kier molecular flexibility index (Phi) is 5.38. The van der Waals surface area contributed by atoms with E-state index in [4.69, 9.17) is 4.74 Å². The first-order valence-corrected chi connectivity index (χ1v) is 7.95. The molecule has 0 aliphatic rings. The second kappa shape index (κ2) is 6.98. The minimum Gasteiger partial charge on any atom is -0.369 e. The van der Waals surface area contributed by atoms with E-state index in [0.29, 0.717) is 0 Å². The standard InChI is InChI=1S/C20H23F3O/c1-14(16-7-11-17(12-8-16)19(2,3)4)24-13-15-5-9-18(10-6-15)20(21,22)23/h5-12,14H,13H2,1-4H3. The molecule has 0 bridgehead atoms. The quantitative estimate of drug-likeness (QED) is 0.638. The van der Waals surface area contributed by atoms with Crippen molar-refractivity contribution >= 4 is 0 Å². The molecule has 0 spiro atoms. The van der Waals surface area contributed by atoms with E-state index in [1.807, 2.05) is 19.1 Å². The lowest BCUT2D eigenvalue weighted by molar-refractivity contribution is -0.137. The van der Waals surface area contributed by atoms with Crippen LogP contribution in [0.15, 0.2) is 48.5 Å². The van der Waals surface area contributed by atoms with Gasteiger partial charge < -0.3 is 4.74 Å². The lowest BCUT2D eigenvalue weighted by Gasteiger charge is -2.20. The molecule has 24 heavy (non-hydrogen) atoms. The van der Waals surface area contributed by atoms with E-state index >= 15 is 0 Å². The van der Waals surface area contributed by atoms with Crippen LogP contribution in [-0.2, 0) is 22.9 Å². The second-order valence-electron chi connectivity index (χ2n) is 7.02. The van der Waals surface area contributed by atoms with Gasteiger partial charge in [-0.15, -0.1) is 0 Å². The van der Waals surface area contributed by atoms with Gasteiger partial charge in [0.25, 0.3) is 0 Å². The molecule has 0 fully saturated rings. The summed E-state index contributed by atoms with van der Waals surface area (Å²) in [5.74, 6) is 0. The summed E-state index contributed by atoms with van der Waals surface area (Å²) in [5.41, 5.74) is 2.48. The van der Waals surface area contributed by atoms with E-state index in [1.165, 1.54) is 17.7 Å². The summed E-state index contributed by atoms with van der Waals surface area (Å²) in [6.45, 7) is 8.70. The molecule has 2 aromatic rings. The van der Waals surface area contributed by atoms with Crippen LogP contribution in [0, 0.1) is 0 Å². The summed E-state index contributed by atoms with van der Waals surface area (Å²) in [6.07, 6.45) is -4.43. The van der Waals surface area contributed by atoms with Crippen molar-refractivity contribution in [3.63, 3.8) is 0 Å². The molecule has 0 N–H and O–H groups in total. The van der Waals surface area contributed by atoms with Crippen LogP contribution >= 0.6 is 0 Å². The zero-order valence-electron chi connectivity index (χ0n) is 14.4. The zero-order valence-corrected chi connectivity index (χ0v) is 14.4. The topological polar surface area (TPSA) is 9.23 Å². The van der Waals surface area contributed by atoms with Gasteiger partial charge in [-0.05, 0) is 41.2 Å². The van der Waals surface area contributed by atoms with Gasteiger partial charge in [-0.25, -0.2) is 0 Å². The van der Waals surface area contributed by atoms with Crippen LogP contribution in [0.4, 0.5) is 13.2 Å². The van der Waals surface area contributed by atoms with Crippen molar-refractivity contribution in [3.05, 3.63) is 70.8 Å². The minimum atomic E-state index is -4.30. The highest BCUT2D eigenvalue weighted by Gasteiger charge is 2.29. The molecule has 130 valence electrons. The smallest absolute Gasteiger partial charge is 0.369 e. The molecule has 2 rings (SSSR count). The Labute approximate surface area is 141 Å². The fourth-order valence-electron chi connectivity index (χ4n) is 2.36. The number of benzene rings is 2. The van der Waals surface area contributed by atoms with Crippen molar-refractivity contribution in [1.29, 1.82) is 0 Å². The van der Waals surface area contributed by atoms with Crippen molar-refractivity contribution in [1.82, 2.24) is 0 Å². The maximum Gasteiger partial charge on any atom is 0.416 e. The molecule has 1 unspecified atom stereocenters. The Bertz CT molecular complexity index is 649. The summed E-state index contributed by atoms with van der Waals surface area (Å²) in [5, 5.41) is 0. The van der Waals surface area contributed by atoms with E-state index in [1.54, 1.807) is 0 Å². The third kappa shape index (κ3) is 4.84. The largest absolute Gasteiger partial charge is 0.416 e. The highest BCUT2D eigenvalue weighted by Crippen LogP contribution is 2.29. The highest BCUT2D eigenvalue weighted by molar-refractivity contribution is 5.29. The van der Waals surface area contributed by atoms with E-state index in [0.717, 1.165) is 23.3 Å². The number of alkyl halides is 3. The molecule has 4 heteroatoms. The van der Waals surface area contributed by atoms with Gasteiger partial charge >= 0.3 is 6.18 Å². The molecule has 0 saturated heterocycles. The van der Waals surface area contributed by atoms with Crippen molar-refractivity contribution in [2.45, 2.75) is 52.0 Å². The fourth-order valence-corrected chi connectivity index (χ4v) is 2.36. The molecule has 1 atom stereocenters. The minimum absolute atomic E-state index is 0.100. The maximum atomic E-state index is 12.5. The highest BCUT2D eigenvalue weighted by atomic mass is 19.4. The second-order valence-corrected chi connectivity index (χ2v) is 7.02. The Balaban J connectivity index is 1.96. The number of hydrogen-bond donors (Lipinski definition) is 0. The molecule has 0 amide bonds. The van der Waals surface area contributed by atoms with Crippen LogP contribution in [0.25, 0.3) is 0 Å². The van der Waals surface area contributed by atoms with Crippen LogP contribution in [0.5, 0.6) is 0 Å². The average molecular weight is 336 g/mol. The molecular formula is C20H23F3O. The zero-order chi connectivity index (χ0) is 18.0. The van der Waals surface area contributed by atoms with Gasteiger partial charge in [0.15, 0.2) is 0 Å². The number of rotatable bonds is 4. The molecule has 0 aliphatic heterocycles. The van der Waals surface area contributed by atoms with Crippen LogP contribution in [-0.4, -0.2) is 0 Å². The van der Waals surface area contributed by atoms with Gasteiger partial charge in [-0.2, -0.15) is 13.2 Å². The maximum absolute atomic E-state index is 12.5. The predicted molar refractivity (Wildman–Crippen MR) is 89.8 cm³/mol. The number of hydrogen-bond acceptors (Lipinski definition) is 1. The Morgan fingerprint density at radius 1 is 0.833 bits per heavy atom. The van der Waals surface area contributed by atoms with Crippen LogP contribution in [0.3, 0.4) is 0 Å². The normalized spacial score (nSPS) is 13.8. The molecule has 0 saturated carbocycles. The Morgan fingerprint density at radius 2 is 1.33 bits per heavy atom. The number of ether oxygens (including phenoxy) is 1. The van der Waals surface area contributed by atoms with E-state index in [-0.39, 0.29) is 18.1 Å². The van der Waals surface area contributed by atoms with Crippen LogP contribution in [0.2, 0.25) is 0 Å². The molecule has 1 nitrogen and oxygen atoms in total. The molecule has 0 radical (unpaired) electrons. The van der Waals surface area contributed by atoms with E-state index in [9.17, 15) is 13.2 Å². The van der Waals surface area contributed by atoms with Crippen molar-refractivity contribution in [3.8, 4) is 0 Å².